The molecule has 0 aromatic rings. The van der Waals surface area contributed by atoms with E-state index in [1.165, 1.54) is 11.1 Å². The third-order valence-corrected chi connectivity index (χ3v) is 18.4. The van der Waals surface area contributed by atoms with E-state index in [9.17, 15) is 0 Å². The Morgan fingerprint density at radius 1 is 0.875 bits per heavy atom. The molecule has 0 spiro atoms. The van der Waals surface area contributed by atoms with Gasteiger partial charge in [0, 0.05) is 17.4 Å². The van der Waals surface area contributed by atoms with Crippen LogP contribution >= 0.6 is 32.3 Å². The summed E-state index contributed by atoms with van der Waals surface area (Å²) in [6.45, 7) is 29.2. The molecule has 24 heavy (non-hydrogen) atoms. The van der Waals surface area contributed by atoms with Gasteiger partial charge >= 0.3 is 0 Å². The summed E-state index contributed by atoms with van der Waals surface area (Å²) in [5, 5.41) is 2.39. The van der Waals surface area contributed by atoms with Crippen LogP contribution in [0.3, 0.4) is 0 Å². The Hall–Kier alpha value is 1.24. The van der Waals surface area contributed by atoms with Gasteiger partial charge in [0.25, 0.3) is 0 Å². The molecule has 144 valence electrons. The van der Waals surface area contributed by atoms with Gasteiger partial charge in [-0.3, -0.25) is 6.08 Å². The summed E-state index contributed by atoms with van der Waals surface area (Å²) in [5.41, 5.74) is 3.19. The predicted molar refractivity (Wildman–Crippen MR) is 117 cm³/mol. The molecule has 0 aliphatic heterocycles. The summed E-state index contributed by atoms with van der Waals surface area (Å²) in [5.74, 6) is 0. The van der Waals surface area contributed by atoms with Gasteiger partial charge in [0.05, 0.1) is 7.74 Å². The molecule has 1 aliphatic carbocycles. The van der Waals surface area contributed by atoms with Crippen LogP contribution in [-0.2, 0) is 17.4 Å². The number of hydrogen-bond acceptors (Lipinski definition) is 0. The molecular weight excluding hydrogens is 410 g/mol. The van der Waals surface area contributed by atoms with Crippen LogP contribution in [0.15, 0.2) is 16.3 Å². The minimum atomic E-state index is -1.55. The zero-order valence-electron chi connectivity index (χ0n) is 17.7. The molecule has 0 aromatic heterocycles. The summed E-state index contributed by atoms with van der Waals surface area (Å²) in [4.78, 5) is 0. The first-order chi connectivity index (χ1) is 9.03. The van der Waals surface area contributed by atoms with E-state index in [1.54, 1.807) is 5.20 Å². The Bertz CT molecular complexity index is 480. The van der Waals surface area contributed by atoms with Gasteiger partial charge in [-0.2, -0.15) is 5.57 Å². The second kappa shape index (κ2) is 8.95. The van der Waals surface area contributed by atoms with E-state index in [0.717, 1.165) is 0 Å². The molecule has 0 fully saturated rings. The second-order valence-corrected chi connectivity index (χ2v) is 21.3. The van der Waals surface area contributed by atoms with Crippen molar-refractivity contribution < 1.29 is 17.4 Å². The van der Waals surface area contributed by atoms with Gasteiger partial charge in [0.1, 0.15) is 0 Å². The fraction of sp³-hybridized carbons (Fsp3) is 0.789. The molecule has 0 radical (unpaired) electrons. The zero-order valence-corrected chi connectivity index (χ0v) is 22.5. The first-order valence-corrected chi connectivity index (χ1v) is 13.4. The predicted octanol–water partition coefficient (Wildman–Crippen LogP) is 7.76. The molecule has 0 bridgehead atoms. The fourth-order valence-electron chi connectivity index (χ4n) is 4.56. The van der Waals surface area contributed by atoms with Crippen molar-refractivity contribution >= 4 is 40.0 Å². The van der Waals surface area contributed by atoms with Crippen LogP contribution in [0.2, 0.25) is 13.1 Å². The van der Waals surface area contributed by atoms with Crippen LogP contribution in [0.4, 0.5) is 0 Å². The number of halogens is 2. The van der Waals surface area contributed by atoms with E-state index in [2.05, 4.69) is 88.4 Å². The molecule has 1 aliphatic rings. The minimum Gasteiger partial charge on any atom is -0.267 e. The van der Waals surface area contributed by atoms with Gasteiger partial charge in [-0.05, 0) is 10.3 Å². The van der Waals surface area contributed by atoms with E-state index < -0.39 is 7.74 Å². The van der Waals surface area contributed by atoms with E-state index >= 15 is 0 Å². The molecule has 0 aromatic carbocycles. The largest absolute Gasteiger partial charge is 0.267 e. The Kier molecular flexibility index (Phi) is 11.2. The molecule has 0 amide bonds. The SMILES string of the molecule is CC1=C(C)C(C)(C)[C-]=C1[Si](C)(C)P(C(C)(C)C)C(C)(C)C.Cl.Cl.[Cr]. The maximum Gasteiger partial charge on any atom is 0.0717 e. The van der Waals surface area contributed by atoms with E-state index in [0.29, 0.717) is 10.3 Å². The molecule has 0 atom stereocenters. The zero-order chi connectivity index (χ0) is 17.0. The molecule has 0 heterocycles. The van der Waals surface area contributed by atoms with Gasteiger partial charge < -0.3 is 0 Å². The van der Waals surface area contributed by atoms with Crippen molar-refractivity contribution in [3.63, 3.8) is 0 Å². The summed E-state index contributed by atoms with van der Waals surface area (Å²) >= 11 is 0. The normalized spacial score (nSPS) is 17.8. The Balaban J connectivity index is -0.00000147. The molecule has 0 saturated heterocycles. The smallest absolute Gasteiger partial charge is 0.0717 e. The van der Waals surface area contributed by atoms with E-state index in [-0.39, 0.29) is 55.1 Å². The maximum atomic E-state index is 3.92. The summed E-state index contributed by atoms with van der Waals surface area (Å²) in [7, 11) is -1.63. The number of hydrogen-bond donors (Lipinski definition) is 0. The van der Waals surface area contributed by atoms with Gasteiger partial charge in [0.15, 0.2) is 0 Å². The van der Waals surface area contributed by atoms with Crippen LogP contribution in [0, 0.1) is 11.5 Å². The van der Waals surface area contributed by atoms with Crippen molar-refractivity contribution in [3.05, 3.63) is 22.4 Å². The third kappa shape index (κ3) is 5.87. The van der Waals surface area contributed by atoms with Crippen LogP contribution in [-0.4, -0.2) is 18.1 Å². The first-order valence-electron chi connectivity index (χ1n) is 8.17. The molecule has 5 heteroatoms. The molecule has 0 nitrogen and oxygen atoms in total. The number of allylic oxidation sites excluding steroid dienone is 4. The molecule has 1 rings (SSSR count). The second-order valence-electron chi connectivity index (χ2n) is 9.61. The first kappa shape index (κ1) is 30.0. The standard InChI is InChI=1S/C19H36PSi.2ClH.Cr/c1-14-15(2)19(9,10)13-16(14)21(11,12)20(17(3,4)5)18(6,7)8;;;/h1-12H3;2*1H;/q-1;;;. The Morgan fingerprint density at radius 2 is 1.21 bits per heavy atom. The fourth-order valence-corrected chi connectivity index (χ4v) is 23.3. The Labute approximate surface area is 177 Å². The quantitative estimate of drug-likeness (QED) is 0.230. The summed E-state index contributed by atoms with van der Waals surface area (Å²) < 4.78 is 0. The van der Waals surface area contributed by atoms with Crippen molar-refractivity contribution in [2.24, 2.45) is 5.41 Å². The van der Waals surface area contributed by atoms with Crippen LogP contribution in [0.1, 0.15) is 69.2 Å². The third-order valence-electron chi connectivity index (χ3n) is 4.82. The van der Waals surface area contributed by atoms with Gasteiger partial charge in [-0.15, -0.1) is 39.2 Å². The van der Waals surface area contributed by atoms with Crippen LogP contribution < -0.4 is 0 Å². The van der Waals surface area contributed by atoms with Crippen LogP contribution in [0.5, 0.6) is 0 Å². The van der Waals surface area contributed by atoms with Gasteiger partial charge in [-0.25, -0.2) is 10.8 Å². The van der Waals surface area contributed by atoms with Crippen molar-refractivity contribution in [3.8, 4) is 0 Å². The minimum absolute atomic E-state index is 0. The summed E-state index contributed by atoms with van der Waals surface area (Å²) in [6.07, 6.45) is 3.92. The number of rotatable bonds is 2. The molecular formula is C19H38Cl2CrPSi-. The molecule has 0 N–H and O–H groups in total. The van der Waals surface area contributed by atoms with Crippen molar-refractivity contribution in [1.82, 2.24) is 0 Å². The van der Waals surface area contributed by atoms with Crippen molar-refractivity contribution in [2.45, 2.75) is 92.6 Å². The van der Waals surface area contributed by atoms with Crippen LogP contribution in [0.25, 0.3) is 0 Å². The molecule has 0 unspecified atom stereocenters. The van der Waals surface area contributed by atoms with E-state index in [4.69, 9.17) is 0 Å². The average Bonchev–Trinajstić information content (AvgIpc) is 2.37. The van der Waals surface area contributed by atoms with Crippen molar-refractivity contribution in [2.75, 3.05) is 0 Å². The van der Waals surface area contributed by atoms with Crippen molar-refractivity contribution in [1.29, 1.82) is 0 Å². The average molecular weight is 448 g/mol. The van der Waals surface area contributed by atoms with E-state index in [1.807, 2.05) is 0 Å². The molecule has 0 saturated carbocycles. The summed E-state index contributed by atoms with van der Waals surface area (Å²) in [6, 6.07) is 0. The topological polar surface area (TPSA) is 0 Å². The van der Waals surface area contributed by atoms with Gasteiger partial charge in [-0.1, -0.05) is 80.8 Å². The monoisotopic (exact) mass is 447 g/mol. The van der Waals surface area contributed by atoms with Gasteiger partial charge in [0.2, 0.25) is 0 Å². The maximum absolute atomic E-state index is 3.92. The Morgan fingerprint density at radius 3 is 1.42 bits per heavy atom.